The van der Waals surface area contributed by atoms with E-state index in [2.05, 4.69) is 4.99 Å². The zero-order valence-corrected chi connectivity index (χ0v) is 12.1. The summed E-state index contributed by atoms with van der Waals surface area (Å²) in [6, 6.07) is 3.93. The summed E-state index contributed by atoms with van der Waals surface area (Å²) in [7, 11) is 0. The van der Waals surface area contributed by atoms with Gasteiger partial charge in [0.2, 0.25) is 11.0 Å². The Kier molecular flexibility index (Phi) is 3.35. The molecule has 2 aliphatic rings. The number of thiocarbonyl (C=S) groups is 1. The Labute approximate surface area is 124 Å². The first-order chi connectivity index (χ1) is 9.15. The van der Waals surface area contributed by atoms with Gasteiger partial charge in [0.05, 0.1) is 18.2 Å². The second-order valence-electron chi connectivity index (χ2n) is 4.19. The number of allylic oxidation sites excluding steroid dienone is 3. The quantitative estimate of drug-likeness (QED) is 0.786. The van der Waals surface area contributed by atoms with E-state index in [1.165, 1.54) is 0 Å². The third-order valence-corrected chi connectivity index (χ3v) is 4.34. The Morgan fingerprint density at radius 2 is 2.37 bits per heavy atom. The Balaban J connectivity index is 1.91. The van der Waals surface area contributed by atoms with Crippen LogP contribution in [0.4, 0.5) is 0 Å². The molecule has 3 rings (SSSR count). The number of thiophene rings is 1. The molecule has 19 heavy (non-hydrogen) atoms. The molecule has 1 aromatic rings. The summed E-state index contributed by atoms with van der Waals surface area (Å²) < 4.78 is 0. The number of halogens is 1. The highest BCUT2D eigenvalue weighted by atomic mass is 35.5. The molecule has 3 nitrogen and oxygen atoms in total. The largest absolute Gasteiger partial charge is 0.281 e. The number of aliphatic imine (C=N–C) groups is 1. The second-order valence-corrected chi connectivity index (χ2v) is 6.02. The highest BCUT2D eigenvalue weighted by molar-refractivity contribution is 7.80. The van der Waals surface area contributed by atoms with Gasteiger partial charge in [-0.2, -0.15) is 0 Å². The van der Waals surface area contributed by atoms with Crippen molar-refractivity contribution in [2.75, 3.05) is 0 Å². The number of hydrogen-bond acceptors (Lipinski definition) is 3. The highest BCUT2D eigenvalue weighted by Gasteiger charge is 2.34. The third kappa shape index (κ3) is 2.41. The molecule has 0 bridgehead atoms. The van der Waals surface area contributed by atoms with E-state index in [-0.39, 0.29) is 11.8 Å². The van der Waals surface area contributed by atoms with Gasteiger partial charge in [0, 0.05) is 9.91 Å². The highest BCUT2D eigenvalue weighted by Crippen LogP contribution is 2.25. The lowest BCUT2D eigenvalue weighted by molar-refractivity contribution is -0.128. The molecule has 0 radical (unpaired) electrons. The maximum absolute atomic E-state index is 12.4. The fraction of sp³-hybridized carbons (Fsp3) is 0.154. The summed E-state index contributed by atoms with van der Waals surface area (Å²) in [6.07, 6.45) is 5.19. The van der Waals surface area contributed by atoms with Crippen molar-refractivity contribution in [1.29, 1.82) is 0 Å². The second kappa shape index (κ2) is 5.00. The number of carbonyl (C=O) groups is 1. The predicted octanol–water partition coefficient (Wildman–Crippen LogP) is 3.12. The molecule has 0 N–H and O–H groups in total. The third-order valence-electron chi connectivity index (χ3n) is 2.93. The van der Waals surface area contributed by atoms with E-state index in [4.69, 9.17) is 23.8 Å². The Hall–Kier alpha value is -1.30. The van der Waals surface area contributed by atoms with Crippen LogP contribution in [0.5, 0.6) is 0 Å². The Morgan fingerprint density at radius 1 is 1.53 bits per heavy atom. The molecule has 0 aromatic carbocycles. The zero-order valence-electron chi connectivity index (χ0n) is 9.75. The summed E-state index contributed by atoms with van der Waals surface area (Å²) in [6.45, 7) is 0.480. The van der Waals surface area contributed by atoms with Crippen LogP contribution in [0.1, 0.15) is 4.88 Å². The van der Waals surface area contributed by atoms with Gasteiger partial charge in [0.15, 0.2) is 0 Å². The number of nitrogens with zero attached hydrogens (tertiary/aromatic N) is 2. The van der Waals surface area contributed by atoms with Crippen molar-refractivity contribution in [2.45, 2.75) is 6.54 Å². The van der Waals surface area contributed by atoms with Gasteiger partial charge in [0.1, 0.15) is 0 Å². The SMILES string of the molecule is O=C1C2C=CC(Cl)=CC2=NC(=S)N1Cc1cccs1. The fourth-order valence-electron chi connectivity index (χ4n) is 2.01. The van der Waals surface area contributed by atoms with E-state index in [0.29, 0.717) is 22.4 Å². The van der Waals surface area contributed by atoms with Gasteiger partial charge in [-0.15, -0.1) is 11.3 Å². The topological polar surface area (TPSA) is 32.7 Å². The molecule has 96 valence electrons. The van der Waals surface area contributed by atoms with Crippen LogP contribution in [0, 0.1) is 5.92 Å². The van der Waals surface area contributed by atoms with E-state index in [1.54, 1.807) is 34.5 Å². The van der Waals surface area contributed by atoms with Crippen LogP contribution in [0.25, 0.3) is 0 Å². The number of fused-ring (bicyclic) bond motifs is 1. The maximum atomic E-state index is 12.4. The van der Waals surface area contributed by atoms with Crippen LogP contribution in [-0.4, -0.2) is 21.6 Å². The molecule has 1 amide bonds. The lowest BCUT2D eigenvalue weighted by Crippen LogP contribution is -2.45. The molecule has 0 saturated carbocycles. The molecule has 1 aliphatic heterocycles. The van der Waals surface area contributed by atoms with Crippen molar-refractivity contribution in [3.8, 4) is 0 Å². The predicted molar refractivity (Wildman–Crippen MR) is 81.5 cm³/mol. The van der Waals surface area contributed by atoms with E-state index in [9.17, 15) is 4.79 Å². The molecule has 1 unspecified atom stereocenters. The average molecular weight is 309 g/mol. The Bertz CT molecular complexity index is 631. The van der Waals surface area contributed by atoms with Gasteiger partial charge >= 0.3 is 0 Å². The van der Waals surface area contributed by atoms with E-state index >= 15 is 0 Å². The summed E-state index contributed by atoms with van der Waals surface area (Å²) in [5, 5.41) is 2.85. The minimum absolute atomic E-state index is 0.0416. The summed E-state index contributed by atoms with van der Waals surface area (Å²) in [5.74, 6) is -0.408. The van der Waals surface area contributed by atoms with Crippen LogP contribution in [0.2, 0.25) is 0 Å². The van der Waals surface area contributed by atoms with Crippen LogP contribution < -0.4 is 0 Å². The number of carbonyl (C=O) groups excluding carboxylic acids is 1. The molecule has 6 heteroatoms. The van der Waals surface area contributed by atoms with Gasteiger partial charge in [-0.1, -0.05) is 23.7 Å². The van der Waals surface area contributed by atoms with Crippen LogP contribution in [-0.2, 0) is 11.3 Å². The minimum atomic E-state index is -0.367. The molecular formula is C13H9ClN2OS2. The minimum Gasteiger partial charge on any atom is -0.281 e. The maximum Gasteiger partial charge on any atom is 0.242 e. The van der Waals surface area contributed by atoms with Gasteiger partial charge < -0.3 is 0 Å². The molecule has 2 heterocycles. The van der Waals surface area contributed by atoms with Crippen molar-refractivity contribution in [3.05, 3.63) is 45.7 Å². The normalized spacial score (nSPS) is 22.2. The fourth-order valence-corrected chi connectivity index (χ4v) is 3.15. The van der Waals surface area contributed by atoms with Gasteiger partial charge in [0.25, 0.3) is 0 Å². The first kappa shape index (κ1) is 12.7. The van der Waals surface area contributed by atoms with Crippen LogP contribution >= 0.6 is 35.2 Å². The summed E-state index contributed by atoms with van der Waals surface area (Å²) >= 11 is 12.7. The lowest BCUT2D eigenvalue weighted by Gasteiger charge is -2.30. The van der Waals surface area contributed by atoms with Gasteiger partial charge in [-0.25, -0.2) is 4.99 Å². The van der Waals surface area contributed by atoms with Crippen LogP contribution in [0.3, 0.4) is 0 Å². The number of amides is 1. The molecule has 1 aliphatic carbocycles. The zero-order chi connectivity index (χ0) is 13.4. The molecule has 0 saturated heterocycles. The van der Waals surface area contributed by atoms with Crippen LogP contribution in [0.15, 0.2) is 45.8 Å². The lowest BCUT2D eigenvalue weighted by atomic mass is 9.95. The smallest absolute Gasteiger partial charge is 0.242 e. The van der Waals surface area contributed by atoms with Crippen molar-refractivity contribution >= 4 is 51.9 Å². The first-order valence-electron chi connectivity index (χ1n) is 5.67. The van der Waals surface area contributed by atoms with Gasteiger partial charge in [-0.3, -0.25) is 9.69 Å². The number of rotatable bonds is 2. The van der Waals surface area contributed by atoms with Crippen molar-refractivity contribution in [1.82, 2.24) is 4.90 Å². The van der Waals surface area contributed by atoms with Crippen molar-refractivity contribution in [3.63, 3.8) is 0 Å². The molecule has 0 spiro atoms. The standard InChI is InChI=1S/C13H9ClN2OS2/c14-8-3-4-10-11(6-8)15-13(18)16(12(10)17)7-9-2-1-5-19-9/h1-6,10H,7H2. The molecule has 1 aromatic heterocycles. The van der Waals surface area contributed by atoms with Crippen molar-refractivity contribution in [2.24, 2.45) is 10.9 Å². The molecule has 1 atom stereocenters. The van der Waals surface area contributed by atoms with E-state index < -0.39 is 0 Å². The Morgan fingerprint density at radius 3 is 3.11 bits per heavy atom. The monoisotopic (exact) mass is 308 g/mol. The van der Waals surface area contributed by atoms with Crippen molar-refractivity contribution < 1.29 is 4.79 Å². The molecule has 0 fully saturated rings. The average Bonchev–Trinajstić information content (AvgIpc) is 2.87. The summed E-state index contributed by atoms with van der Waals surface area (Å²) in [4.78, 5) is 19.4. The summed E-state index contributed by atoms with van der Waals surface area (Å²) in [5.41, 5.74) is 0.630. The molecular weight excluding hydrogens is 300 g/mol. The van der Waals surface area contributed by atoms with Gasteiger partial charge in [-0.05, 0) is 35.8 Å². The van der Waals surface area contributed by atoms with E-state index in [1.807, 2.05) is 17.5 Å². The van der Waals surface area contributed by atoms with E-state index in [0.717, 1.165) is 4.88 Å². The first-order valence-corrected chi connectivity index (χ1v) is 7.33. The number of hydrogen-bond donors (Lipinski definition) is 0.